The Bertz CT molecular complexity index is 482. The van der Waals surface area contributed by atoms with Crippen molar-refractivity contribution < 1.29 is 8.42 Å². The molecule has 1 unspecified atom stereocenters. The van der Waals surface area contributed by atoms with Gasteiger partial charge in [-0.15, -0.1) is 11.3 Å². The van der Waals surface area contributed by atoms with Crippen molar-refractivity contribution in [2.75, 3.05) is 18.6 Å². The molecular formula is C11H20N2O2S3. The highest BCUT2D eigenvalue weighted by molar-refractivity contribution is 7.98. The standard InChI is InChI=1S/C11H20N2O2S3/c1-8(6-16-3)5-13-18(14,15)11-9(2)7-17-10(11)4-12/h7-8,13H,4-6,12H2,1-3H3. The Morgan fingerprint density at radius 3 is 2.78 bits per heavy atom. The van der Waals surface area contributed by atoms with E-state index in [1.807, 2.05) is 18.6 Å². The first-order valence-corrected chi connectivity index (χ1v) is 9.43. The van der Waals surface area contributed by atoms with E-state index in [0.29, 0.717) is 17.4 Å². The van der Waals surface area contributed by atoms with Gasteiger partial charge in [0.25, 0.3) is 0 Å². The molecule has 1 heterocycles. The normalized spacial score (nSPS) is 13.8. The van der Waals surface area contributed by atoms with Crippen LogP contribution in [-0.4, -0.2) is 27.0 Å². The predicted octanol–water partition coefficient (Wildman–Crippen LogP) is 1.79. The molecule has 1 aromatic heterocycles. The molecule has 0 fully saturated rings. The van der Waals surface area contributed by atoms with Gasteiger partial charge in [-0.05, 0) is 35.8 Å². The summed E-state index contributed by atoms with van der Waals surface area (Å²) >= 11 is 3.12. The van der Waals surface area contributed by atoms with Crippen molar-refractivity contribution in [3.8, 4) is 0 Å². The van der Waals surface area contributed by atoms with Gasteiger partial charge in [0, 0.05) is 18.0 Å². The van der Waals surface area contributed by atoms with Gasteiger partial charge >= 0.3 is 0 Å². The fourth-order valence-corrected chi connectivity index (χ4v) is 5.21. The molecule has 0 spiro atoms. The zero-order chi connectivity index (χ0) is 13.8. The zero-order valence-corrected chi connectivity index (χ0v) is 13.3. The van der Waals surface area contributed by atoms with E-state index in [2.05, 4.69) is 4.72 Å². The molecule has 1 aromatic rings. The SMILES string of the molecule is CSCC(C)CNS(=O)(=O)c1c(C)csc1CN. The molecule has 104 valence electrons. The highest BCUT2D eigenvalue weighted by atomic mass is 32.2. The lowest BCUT2D eigenvalue weighted by atomic mass is 10.2. The van der Waals surface area contributed by atoms with Crippen molar-refractivity contribution in [3.05, 3.63) is 15.8 Å². The van der Waals surface area contributed by atoms with Gasteiger partial charge in [0.2, 0.25) is 10.0 Å². The molecule has 0 saturated heterocycles. The van der Waals surface area contributed by atoms with Crippen LogP contribution in [0.3, 0.4) is 0 Å². The van der Waals surface area contributed by atoms with Crippen molar-refractivity contribution in [1.29, 1.82) is 0 Å². The minimum absolute atomic E-state index is 0.259. The van der Waals surface area contributed by atoms with Gasteiger partial charge in [0.1, 0.15) is 4.90 Å². The summed E-state index contributed by atoms with van der Waals surface area (Å²) in [5, 5.41) is 1.84. The number of thioether (sulfide) groups is 1. The summed E-state index contributed by atoms with van der Waals surface area (Å²) in [6, 6.07) is 0. The van der Waals surface area contributed by atoms with Crippen LogP contribution in [0, 0.1) is 12.8 Å². The minimum Gasteiger partial charge on any atom is -0.326 e. The lowest BCUT2D eigenvalue weighted by Crippen LogP contribution is -2.30. The van der Waals surface area contributed by atoms with Crippen molar-refractivity contribution in [2.45, 2.75) is 25.3 Å². The molecule has 0 aliphatic rings. The fraction of sp³-hybridized carbons (Fsp3) is 0.636. The molecule has 3 N–H and O–H groups in total. The van der Waals surface area contributed by atoms with Crippen LogP contribution < -0.4 is 10.5 Å². The van der Waals surface area contributed by atoms with Gasteiger partial charge in [-0.1, -0.05) is 6.92 Å². The lowest BCUT2D eigenvalue weighted by molar-refractivity contribution is 0.561. The number of sulfonamides is 1. The number of hydrogen-bond donors (Lipinski definition) is 2. The fourth-order valence-electron chi connectivity index (χ4n) is 1.66. The van der Waals surface area contributed by atoms with Crippen molar-refractivity contribution in [2.24, 2.45) is 11.7 Å². The van der Waals surface area contributed by atoms with Crippen LogP contribution in [0.15, 0.2) is 10.3 Å². The molecule has 18 heavy (non-hydrogen) atoms. The third-order valence-corrected chi connectivity index (χ3v) is 6.33. The predicted molar refractivity (Wildman–Crippen MR) is 79.7 cm³/mol. The summed E-state index contributed by atoms with van der Waals surface area (Å²) in [7, 11) is -3.43. The summed E-state index contributed by atoms with van der Waals surface area (Å²) in [6.45, 7) is 4.55. The Kier molecular flexibility index (Phi) is 6.13. The maximum atomic E-state index is 12.2. The van der Waals surface area contributed by atoms with Gasteiger partial charge in [0.15, 0.2) is 0 Å². The largest absolute Gasteiger partial charge is 0.326 e. The van der Waals surface area contributed by atoms with Gasteiger partial charge in [-0.25, -0.2) is 13.1 Å². The molecule has 0 aromatic carbocycles. The van der Waals surface area contributed by atoms with Gasteiger partial charge in [-0.3, -0.25) is 0 Å². The number of nitrogens with one attached hydrogen (secondary N) is 1. The first-order valence-electron chi connectivity index (χ1n) is 5.68. The third-order valence-electron chi connectivity index (χ3n) is 2.52. The summed E-state index contributed by atoms with van der Waals surface area (Å²) < 4.78 is 27.1. The van der Waals surface area contributed by atoms with E-state index in [-0.39, 0.29) is 6.54 Å². The summed E-state index contributed by atoms with van der Waals surface area (Å²) in [5.41, 5.74) is 6.35. The smallest absolute Gasteiger partial charge is 0.241 e. The summed E-state index contributed by atoms with van der Waals surface area (Å²) in [5.74, 6) is 1.25. The van der Waals surface area contributed by atoms with Gasteiger partial charge < -0.3 is 5.73 Å². The summed E-state index contributed by atoms with van der Waals surface area (Å²) in [4.78, 5) is 1.09. The maximum absolute atomic E-state index is 12.2. The van der Waals surface area contributed by atoms with Crippen LogP contribution in [0.4, 0.5) is 0 Å². The highest BCUT2D eigenvalue weighted by Crippen LogP contribution is 2.26. The number of aryl methyl sites for hydroxylation is 1. The Morgan fingerprint density at radius 1 is 1.56 bits per heavy atom. The van der Waals surface area contributed by atoms with Gasteiger partial charge in [0.05, 0.1) is 0 Å². The minimum atomic E-state index is -3.43. The van der Waals surface area contributed by atoms with Crippen molar-refractivity contribution in [3.63, 3.8) is 0 Å². The monoisotopic (exact) mass is 308 g/mol. The molecule has 0 aliphatic heterocycles. The number of rotatable bonds is 7. The Hall–Kier alpha value is -0.0800. The number of nitrogens with two attached hydrogens (primary N) is 1. The molecule has 0 bridgehead atoms. The molecule has 7 heteroatoms. The second-order valence-electron chi connectivity index (χ2n) is 4.29. The van der Waals surface area contributed by atoms with Crippen LogP contribution in [0.2, 0.25) is 0 Å². The third kappa shape index (κ3) is 3.96. The Labute approximate surface area is 117 Å². The van der Waals surface area contributed by atoms with Crippen LogP contribution in [0.1, 0.15) is 17.4 Å². The van der Waals surface area contributed by atoms with Crippen molar-refractivity contribution >= 4 is 33.1 Å². The maximum Gasteiger partial charge on any atom is 0.241 e. The van der Waals surface area contributed by atoms with E-state index >= 15 is 0 Å². The van der Waals surface area contributed by atoms with E-state index in [0.717, 1.165) is 16.2 Å². The molecule has 0 radical (unpaired) electrons. The van der Waals surface area contributed by atoms with Gasteiger partial charge in [-0.2, -0.15) is 11.8 Å². The Balaban J connectivity index is 2.83. The molecule has 0 saturated carbocycles. The highest BCUT2D eigenvalue weighted by Gasteiger charge is 2.22. The zero-order valence-electron chi connectivity index (χ0n) is 10.9. The molecule has 1 rings (SSSR count). The second-order valence-corrected chi connectivity index (χ2v) is 7.87. The van der Waals surface area contributed by atoms with Crippen LogP contribution in [-0.2, 0) is 16.6 Å². The van der Waals surface area contributed by atoms with E-state index in [1.54, 1.807) is 18.7 Å². The molecule has 0 amide bonds. The molecule has 0 aliphatic carbocycles. The summed E-state index contributed by atoms with van der Waals surface area (Å²) in [6.07, 6.45) is 2.01. The molecular weight excluding hydrogens is 288 g/mol. The van der Waals surface area contributed by atoms with E-state index in [1.165, 1.54) is 11.3 Å². The lowest BCUT2D eigenvalue weighted by Gasteiger charge is -2.12. The first-order chi connectivity index (χ1) is 8.42. The van der Waals surface area contributed by atoms with Crippen molar-refractivity contribution in [1.82, 2.24) is 4.72 Å². The van der Waals surface area contributed by atoms with Crippen LogP contribution >= 0.6 is 23.1 Å². The average Bonchev–Trinajstić information content (AvgIpc) is 2.69. The first kappa shape index (κ1) is 16.0. The average molecular weight is 308 g/mol. The quantitative estimate of drug-likeness (QED) is 0.805. The van der Waals surface area contributed by atoms with E-state index in [9.17, 15) is 8.42 Å². The molecule has 4 nitrogen and oxygen atoms in total. The topological polar surface area (TPSA) is 72.2 Å². The number of hydrogen-bond acceptors (Lipinski definition) is 5. The van der Waals surface area contributed by atoms with E-state index < -0.39 is 10.0 Å². The molecule has 1 atom stereocenters. The Morgan fingerprint density at radius 2 is 2.22 bits per heavy atom. The second kappa shape index (κ2) is 6.91. The van der Waals surface area contributed by atoms with Crippen LogP contribution in [0.5, 0.6) is 0 Å². The van der Waals surface area contributed by atoms with E-state index in [4.69, 9.17) is 5.73 Å². The number of thiophene rings is 1. The van der Waals surface area contributed by atoms with Crippen LogP contribution in [0.25, 0.3) is 0 Å².